The number of amides is 1. The van der Waals surface area contributed by atoms with Crippen molar-refractivity contribution in [1.82, 2.24) is 19.9 Å². The zero-order valence-corrected chi connectivity index (χ0v) is 19.1. The molecular formula is C24H23F3N4O4. The zero-order valence-electron chi connectivity index (χ0n) is 19.1. The number of aromatic nitrogens is 3. The monoisotopic (exact) mass is 488 g/mol. The molecule has 0 radical (unpaired) electrons. The summed E-state index contributed by atoms with van der Waals surface area (Å²) in [6, 6.07) is 7.37. The van der Waals surface area contributed by atoms with Crippen LogP contribution in [0.4, 0.5) is 13.2 Å². The number of carbonyl (C=O) groups is 1. The van der Waals surface area contributed by atoms with Gasteiger partial charge in [0.2, 0.25) is 0 Å². The quantitative estimate of drug-likeness (QED) is 0.600. The Morgan fingerprint density at radius 1 is 1.17 bits per heavy atom. The summed E-state index contributed by atoms with van der Waals surface area (Å²) in [5, 5.41) is -0.0607. The molecule has 2 aliphatic rings. The first-order valence-corrected chi connectivity index (χ1v) is 11.3. The average Bonchev–Trinajstić information content (AvgIpc) is 3.15. The molecule has 4 heterocycles. The normalized spacial score (nSPS) is 20.8. The lowest BCUT2D eigenvalue weighted by molar-refractivity contribution is -0.142. The maximum absolute atomic E-state index is 13.8. The summed E-state index contributed by atoms with van der Waals surface area (Å²) in [7, 11) is 0. The van der Waals surface area contributed by atoms with E-state index >= 15 is 0 Å². The molecule has 3 atom stereocenters. The van der Waals surface area contributed by atoms with E-state index in [0.29, 0.717) is 18.7 Å². The maximum Gasteiger partial charge on any atom is 0.433 e. The average molecular weight is 488 g/mol. The number of hydrogen-bond donors (Lipinski definition) is 1. The summed E-state index contributed by atoms with van der Waals surface area (Å²) < 4.78 is 52.8. The molecule has 3 unspecified atom stereocenters. The minimum Gasteiger partial charge on any atom is -0.486 e. The Hall–Kier alpha value is -3.47. The lowest BCUT2D eigenvalue weighted by Crippen LogP contribution is -2.45. The van der Waals surface area contributed by atoms with Gasteiger partial charge in [0.15, 0.2) is 11.3 Å². The fraction of sp³-hybridized carbons (Fsp3) is 0.417. The first-order valence-electron chi connectivity index (χ1n) is 11.3. The number of H-pyrrole nitrogens is 1. The van der Waals surface area contributed by atoms with E-state index in [4.69, 9.17) is 9.47 Å². The molecule has 3 aromatic rings. The Morgan fingerprint density at radius 3 is 2.46 bits per heavy atom. The number of aryl methyl sites for hydroxylation is 1. The number of alkyl halides is 3. The summed E-state index contributed by atoms with van der Waals surface area (Å²) in [6.45, 7) is 4.00. The van der Waals surface area contributed by atoms with Crippen LogP contribution >= 0.6 is 0 Å². The zero-order chi connectivity index (χ0) is 24.9. The number of ether oxygens (including phenoxy) is 2. The van der Waals surface area contributed by atoms with Gasteiger partial charge in [0.1, 0.15) is 17.7 Å². The van der Waals surface area contributed by atoms with Crippen LogP contribution in [0.25, 0.3) is 11.0 Å². The van der Waals surface area contributed by atoms with Crippen LogP contribution in [-0.4, -0.2) is 51.1 Å². The van der Waals surface area contributed by atoms with Crippen LogP contribution in [0.15, 0.2) is 35.1 Å². The Bertz CT molecular complexity index is 1330. The van der Waals surface area contributed by atoms with Gasteiger partial charge in [-0.2, -0.15) is 13.2 Å². The van der Waals surface area contributed by atoms with Crippen LogP contribution in [0.5, 0.6) is 5.75 Å². The number of halogens is 3. The largest absolute Gasteiger partial charge is 0.486 e. The van der Waals surface area contributed by atoms with Gasteiger partial charge in [0, 0.05) is 24.2 Å². The molecule has 0 aliphatic carbocycles. The molecule has 1 aromatic carbocycles. The molecule has 2 bridgehead atoms. The smallest absolute Gasteiger partial charge is 0.433 e. The summed E-state index contributed by atoms with van der Waals surface area (Å²) in [5.74, 6) is 0.324. The molecule has 2 aliphatic heterocycles. The number of benzene rings is 1. The maximum atomic E-state index is 13.8. The van der Waals surface area contributed by atoms with Crippen LogP contribution in [0.1, 0.15) is 53.3 Å². The van der Waals surface area contributed by atoms with Gasteiger partial charge in [-0.25, -0.2) is 9.97 Å². The SMILES string of the molecule is Cc1nc2nc(C(F)(F)F)c(C(C)Oc3ccc(C(=O)N4CC5CCC(C4)O5)cc3)cc2c(=O)[nH]1. The molecule has 8 nitrogen and oxygen atoms in total. The topological polar surface area (TPSA) is 97.4 Å². The number of fused-ring (bicyclic) bond motifs is 3. The third-order valence-corrected chi connectivity index (χ3v) is 6.30. The molecule has 1 amide bonds. The van der Waals surface area contributed by atoms with Crippen LogP contribution in [0, 0.1) is 6.92 Å². The minimum absolute atomic E-state index is 0.0607. The number of nitrogens with one attached hydrogen (secondary N) is 1. The van der Waals surface area contributed by atoms with E-state index < -0.39 is 23.5 Å². The Kier molecular flexibility index (Phi) is 5.74. The van der Waals surface area contributed by atoms with Crippen molar-refractivity contribution >= 4 is 16.9 Å². The van der Waals surface area contributed by atoms with Gasteiger partial charge in [0.05, 0.1) is 17.6 Å². The van der Waals surface area contributed by atoms with Gasteiger partial charge >= 0.3 is 6.18 Å². The molecule has 184 valence electrons. The number of morpholine rings is 1. The van der Waals surface area contributed by atoms with Crippen molar-refractivity contribution in [3.63, 3.8) is 0 Å². The van der Waals surface area contributed by atoms with Crippen molar-refractivity contribution in [3.05, 3.63) is 63.3 Å². The van der Waals surface area contributed by atoms with E-state index in [0.717, 1.165) is 18.9 Å². The molecular weight excluding hydrogens is 465 g/mol. The fourth-order valence-electron chi connectivity index (χ4n) is 4.63. The number of likely N-dealkylation sites (tertiary alicyclic amines) is 1. The van der Waals surface area contributed by atoms with E-state index in [1.165, 1.54) is 26.0 Å². The predicted molar refractivity (Wildman–Crippen MR) is 119 cm³/mol. The van der Waals surface area contributed by atoms with Crippen LogP contribution in [0.3, 0.4) is 0 Å². The number of pyridine rings is 1. The molecule has 1 N–H and O–H groups in total. The van der Waals surface area contributed by atoms with E-state index in [-0.39, 0.29) is 46.3 Å². The summed E-state index contributed by atoms with van der Waals surface area (Å²) in [6.07, 6.45) is -3.81. The molecule has 0 saturated carbocycles. The second-order valence-corrected chi connectivity index (χ2v) is 8.90. The third-order valence-electron chi connectivity index (χ3n) is 6.30. The van der Waals surface area contributed by atoms with Gasteiger partial charge in [-0.05, 0) is 57.0 Å². The van der Waals surface area contributed by atoms with Crippen molar-refractivity contribution in [3.8, 4) is 5.75 Å². The van der Waals surface area contributed by atoms with Gasteiger partial charge in [-0.3, -0.25) is 9.59 Å². The first-order chi connectivity index (χ1) is 16.6. The van der Waals surface area contributed by atoms with Gasteiger partial charge in [0.25, 0.3) is 11.5 Å². The van der Waals surface area contributed by atoms with Crippen LogP contribution in [0.2, 0.25) is 0 Å². The van der Waals surface area contributed by atoms with Gasteiger partial charge in [-0.15, -0.1) is 0 Å². The highest BCUT2D eigenvalue weighted by Gasteiger charge is 2.38. The van der Waals surface area contributed by atoms with Crippen molar-refractivity contribution in [1.29, 1.82) is 0 Å². The van der Waals surface area contributed by atoms with E-state index in [2.05, 4.69) is 15.0 Å². The number of carbonyl (C=O) groups excluding carboxylic acids is 1. The summed E-state index contributed by atoms with van der Waals surface area (Å²) in [5.41, 5.74) is -1.85. The standard InChI is InChI=1S/C24H23F3N4O4/c1-12(18-9-19-21(28-13(2)29-22(19)32)30-20(18)24(25,26)27)34-15-5-3-14(4-6-15)23(33)31-10-16-7-8-17(11-31)35-16/h3-6,9,12,16-17H,7-8,10-11H2,1-2H3,(H,28,29,30,32). The molecule has 2 saturated heterocycles. The van der Waals surface area contributed by atoms with Crippen molar-refractivity contribution in [2.45, 2.75) is 51.2 Å². The molecule has 2 fully saturated rings. The summed E-state index contributed by atoms with van der Waals surface area (Å²) in [4.78, 5) is 36.9. The van der Waals surface area contributed by atoms with Crippen LogP contribution < -0.4 is 10.3 Å². The minimum atomic E-state index is -4.77. The van der Waals surface area contributed by atoms with Gasteiger partial charge < -0.3 is 19.4 Å². The van der Waals surface area contributed by atoms with Crippen molar-refractivity contribution in [2.75, 3.05) is 13.1 Å². The number of hydrogen-bond acceptors (Lipinski definition) is 6. The second-order valence-electron chi connectivity index (χ2n) is 8.90. The number of aromatic amines is 1. The van der Waals surface area contributed by atoms with Gasteiger partial charge in [-0.1, -0.05) is 0 Å². The first kappa shape index (κ1) is 23.3. The number of nitrogens with zero attached hydrogens (tertiary/aromatic N) is 3. The fourth-order valence-corrected chi connectivity index (χ4v) is 4.63. The molecule has 2 aromatic heterocycles. The summed E-state index contributed by atoms with van der Waals surface area (Å²) >= 11 is 0. The van der Waals surface area contributed by atoms with Crippen molar-refractivity contribution in [2.24, 2.45) is 0 Å². The van der Waals surface area contributed by atoms with E-state index in [9.17, 15) is 22.8 Å². The van der Waals surface area contributed by atoms with Crippen LogP contribution in [-0.2, 0) is 10.9 Å². The van der Waals surface area contributed by atoms with E-state index in [1.54, 1.807) is 17.0 Å². The van der Waals surface area contributed by atoms with Crippen molar-refractivity contribution < 1.29 is 27.4 Å². The molecule has 11 heteroatoms. The Labute approximate surface area is 198 Å². The highest BCUT2D eigenvalue weighted by Crippen LogP contribution is 2.36. The second kappa shape index (κ2) is 8.63. The highest BCUT2D eigenvalue weighted by atomic mass is 19.4. The molecule has 5 rings (SSSR count). The molecule has 0 spiro atoms. The third kappa shape index (κ3) is 4.60. The lowest BCUT2D eigenvalue weighted by atomic mass is 10.1. The lowest BCUT2D eigenvalue weighted by Gasteiger charge is -2.32. The van der Waals surface area contributed by atoms with E-state index in [1.807, 2.05) is 0 Å². The predicted octanol–water partition coefficient (Wildman–Crippen LogP) is 3.79. The highest BCUT2D eigenvalue weighted by molar-refractivity contribution is 5.94. The Morgan fingerprint density at radius 2 is 1.83 bits per heavy atom. The molecule has 35 heavy (non-hydrogen) atoms. The number of rotatable bonds is 4. The Balaban J connectivity index is 1.38.